The smallest absolute Gasteiger partial charge is 0.336 e. The predicted molar refractivity (Wildman–Crippen MR) is 120 cm³/mol. The summed E-state index contributed by atoms with van der Waals surface area (Å²) in [7, 11) is 1.64. The molecule has 31 heavy (non-hydrogen) atoms. The highest BCUT2D eigenvalue weighted by Gasteiger charge is 2.27. The fourth-order valence-electron chi connectivity index (χ4n) is 3.11. The van der Waals surface area contributed by atoms with Crippen molar-refractivity contribution in [3.8, 4) is 11.5 Å². The number of halogens is 1. The maximum absolute atomic E-state index is 12.9. The molecule has 162 valence electrons. The van der Waals surface area contributed by atoms with Gasteiger partial charge in [-0.05, 0) is 48.4 Å². The summed E-state index contributed by atoms with van der Waals surface area (Å²) in [5.74, 6) is 2.79. The number of amides is 2. The molecule has 0 fully saturated rings. The molecular formula is C21H22ClN5O3S. The van der Waals surface area contributed by atoms with Gasteiger partial charge >= 0.3 is 6.03 Å². The van der Waals surface area contributed by atoms with E-state index in [1.54, 1.807) is 52.8 Å². The number of aromatic nitrogens is 3. The van der Waals surface area contributed by atoms with Crippen LogP contribution in [0, 0.1) is 0 Å². The molecule has 0 atom stereocenters. The Hall–Kier alpha value is -2.91. The highest BCUT2D eigenvalue weighted by atomic mass is 35.5. The van der Waals surface area contributed by atoms with Crippen LogP contribution in [0.4, 0.5) is 4.79 Å². The third-order valence-electron chi connectivity index (χ3n) is 4.72. The number of thioether (sulfide) groups is 1. The molecule has 10 heteroatoms. The molecule has 0 spiro atoms. The van der Waals surface area contributed by atoms with Crippen molar-refractivity contribution in [2.75, 3.05) is 31.0 Å². The Morgan fingerprint density at radius 3 is 2.61 bits per heavy atom. The number of rotatable bonds is 7. The molecule has 0 aliphatic carbocycles. The van der Waals surface area contributed by atoms with E-state index in [0.29, 0.717) is 34.8 Å². The number of hydrogen-bond acceptors (Lipinski definition) is 6. The summed E-state index contributed by atoms with van der Waals surface area (Å²) in [5, 5.41) is 14.3. The molecule has 1 N–H and O–H groups in total. The number of methoxy groups -OCH3 is 1. The first-order valence-electron chi connectivity index (χ1n) is 9.78. The average Bonchev–Trinajstić information content (AvgIpc) is 3.22. The van der Waals surface area contributed by atoms with Crippen molar-refractivity contribution in [2.24, 2.45) is 0 Å². The van der Waals surface area contributed by atoms with Crippen molar-refractivity contribution < 1.29 is 14.3 Å². The number of carbonyl (C=O) groups excluding carboxylic acids is 1. The van der Waals surface area contributed by atoms with Gasteiger partial charge in [0.1, 0.15) is 18.1 Å². The van der Waals surface area contributed by atoms with E-state index in [1.807, 2.05) is 24.3 Å². The average molecular weight is 460 g/mol. The number of benzene rings is 2. The van der Waals surface area contributed by atoms with Crippen molar-refractivity contribution in [3.05, 3.63) is 64.9 Å². The molecule has 4 rings (SSSR count). The number of carbonyl (C=O) groups is 1. The van der Waals surface area contributed by atoms with Crippen LogP contribution in [0.3, 0.4) is 0 Å². The minimum atomic E-state index is -0.192. The van der Waals surface area contributed by atoms with Gasteiger partial charge in [0.2, 0.25) is 5.16 Å². The minimum absolute atomic E-state index is 0.185. The quantitative estimate of drug-likeness (QED) is 0.582. The lowest BCUT2D eigenvalue weighted by atomic mass is 10.1. The first-order chi connectivity index (χ1) is 15.1. The topological polar surface area (TPSA) is 81.5 Å². The van der Waals surface area contributed by atoms with Gasteiger partial charge in [0, 0.05) is 17.3 Å². The molecule has 8 nitrogen and oxygen atoms in total. The van der Waals surface area contributed by atoms with Crippen LogP contribution in [-0.4, -0.2) is 46.9 Å². The van der Waals surface area contributed by atoms with Gasteiger partial charge in [-0.3, -0.25) is 0 Å². The molecule has 0 saturated carbocycles. The highest BCUT2D eigenvalue weighted by molar-refractivity contribution is 7.99. The number of hydrogen-bond donors (Lipinski definition) is 1. The van der Waals surface area contributed by atoms with Crippen LogP contribution in [0.25, 0.3) is 0 Å². The number of nitrogens with one attached hydrogen (secondary N) is 1. The fraction of sp³-hybridized carbons (Fsp3) is 0.286. The summed E-state index contributed by atoms with van der Waals surface area (Å²) in [6.07, 6.45) is 0.722. The number of fused-ring (bicyclic) bond motifs is 1. The van der Waals surface area contributed by atoms with Crippen LogP contribution in [0.2, 0.25) is 5.02 Å². The molecular weight excluding hydrogens is 438 g/mol. The van der Waals surface area contributed by atoms with Crippen LogP contribution in [0.1, 0.15) is 11.4 Å². The van der Waals surface area contributed by atoms with Gasteiger partial charge in [-0.15, -0.1) is 10.2 Å². The van der Waals surface area contributed by atoms with Gasteiger partial charge in [0.15, 0.2) is 5.82 Å². The lowest BCUT2D eigenvalue weighted by Crippen LogP contribution is -2.51. The van der Waals surface area contributed by atoms with E-state index in [4.69, 9.17) is 21.1 Å². The monoisotopic (exact) mass is 459 g/mol. The zero-order chi connectivity index (χ0) is 21.6. The lowest BCUT2D eigenvalue weighted by molar-refractivity contribution is 0.237. The largest absolute Gasteiger partial charge is 0.497 e. The lowest BCUT2D eigenvalue weighted by Gasteiger charge is -2.29. The molecule has 3 aromatic rings. The number of nitrogens with zero attached hydrogens (tertiary/aromatic N) is 4. The summed E-state index contributed by atoms with van der Waals surface area (Å²) in [6, 6.07) is 14.7. The molecule has 2 aromatic carbocycles. The molecule has 0 unspecified atom stereocenters. The molecule has 1 aliphatic heterocycles. The third kappa shape index (κ3) is 5.23. The van der Waals surface area contributed by atoms with Gasteiger partial charge in [0.25, 0.3) is 0 Å². The fourth-order valence-corrected chi connectivity index (χ4v) is 4.11. The van der Waals surface area contributed by atoms with Crippen molar-refractivity contribution in [1.82, 2.24) is 20.2 Å². The molecule has 2 heterocycles. The van der Waals surface area contributed by atoms with Crippen LogP contribution >= 0.6 is 23.4 Å². The molecule has 0 radical (unpaired) electrons. The Kier molecular flexibility index (Phi) is 6.83. The van der Waals surface area contributed by atoms with E-state index in [0.717, 1.165) is 23.5 Å². The predicted octanol–water partition coefficient (Wildman–Crippen LogP) is 3.52. The third-order valence-corrected chi connectivity index (χ3v) is 5.87. The Morgan fingerprint density at radius 1 is 1.13 bits per heavy atom. The van der Waals surface area contributed by atoms with Gasteiger partial charge in [-0.25, -0.2) is 14.5 Å². The normalized spacial score (nSPS) is 12.9. The minimum Gasteiger partial charge on any atom is -0.497 e. The van der Waals surface area contributed by atoms with Gasteiger partial charge < -0.3 is 14.8 Å². The second-order valence-corrected chi connectivity index (χ2v) is 8.25. The van der Waals surface area contributed by atoms with Gasteiger partial charge in [0.05, 0.1) is 13.7 Å². The van der Waals surface area contributed by atoms with Crippen molar-refractivity contribution in [2.45, 2.75) is 18.2 Å². The number of ether oxygens (including phenoxy) is 2. The second kappa shape index (κ2) is 9.93. The Morgan fingerprint density at radius 2 is 1.87 bits per heavy atom. The van der Waals surface area contributed by atoms with Crippen molar-refractivity contribution in [1.29, 1.82) is 0 Å². The van der Waals surface area contributed by atoms with Gasteiger partial charge in [-0.2, -0.15) is 0 Å². The SMILES string of the molecule is COc1ccc(CCNC(=O)N2CCSc3nnc(COc4ccc(Cl)cc4)n32)cc1. The van der Waals surface area contributed by atoms with E-state index in [9.17, 15) is 4.79 Å². The van der Waals surface area contributed by atoms with Gasteiger partial charge in [-0.1, -0.05) is 35.5 Å². The molecule has 1 aliphatic rings. The molecule has 2 amide bonds. The number of urea groups is 1. The van der Waals surface area contributed by atoms with Crippen LogP contribution in [0.15, 0.2) is 53.7 Å². The van der Waals surface area contributed by atoms with E-state index in [-0.39, 0.29) is 12.6 Å². The molecule has 0 bridgehead atoms. The Labute approximate surface area is 189 Å². The zero-order valence-corrected chi connectivity index (χ0v) is 18.5. The van der Waals surface area contributed by atoms with E-state index >= 15 is 0 Å². The standard InChI is InChI=1S/C21H22ClN5O3S/c1-29-17-6-2-15(3-7-17)10-11-23-20(28)26-12-13-31-21-25-24-19(27(21)26)14-30-18-8-4-16(22)5-9-18/h2-9H,10-14H2,1H3,(H,23,28). The van der Waals surface area contributed by atoms with Crippen molar-refractivity contribution >= 4 is 29.4 Å². The van der Waals surface area contributed by atoms with Crippen LogP contribution in [0.5, 0.6) is 11.5 Å². The van der Waals surface area contributed by atoms with Crippen LogP contribution < -0.4 is 19.8 Å². The Bertz CT molecular complexity index is 1030. The van der Waals surface area contributed by atoms with E-state index < -0.39 is 0 Å². The van der Waals surface area contributed by atoms with Crippen molar-refractivity contribution in [3.63, 3.8) is 0 Å². The highest BCUT2D eigenvalue weighted by Crippen LogP contribution is 2.23. The Balaban J connectivity index is 1.37. The van der Waals surface area contributed by atoms with Crippen LogP contribution in [-0.2, 0) is 13.0 Å². The maximum Gasteiger partial charge on any atom is 0.336 e. The van der Waals surface area contributed by atoms with E-state index in [1.165, 1.54) is 0 Å². The summed E-state index contributed by atoms with van der Waals surface area (Å²) in [6.45, 7) is 1.26. The summed E-state index contributed by atoms with van der Waals surface area (Å²) >= 11 is 7.47. The first-order valence-corrected chi connectivity index (χ1v) is 11.1. The molecule has 0 saturated heterocycles. The molecule has 1 aromatic heterocycles. The summed E-state index contributed by atoms with van der Waals surface area (Å²) in [5.41, 5.74) is 1.12. The van der Waals surface area contributed by atoms with E-state index in [2.05, 4.69) is 15.5 Å². The second-order valence-electron chi connectivity index (χ2n) is 6.75. The first kappa shape index (κ1) is 21.3. The summed E-state index contributed by atoms with van der Waals surface area (Å²) < 4.78 is 12.7. The summed E-state index contributed by atoms with van der Waals surface area (Å²) in [4.78, 5) is 12.9. The zero-order valence-electron chi connectivity index (χ0n) is 17.0. The maximum atomic E-state index is 12.9.